The number of carbonyl (C=O) groups is 2. The molecular formula is C41H58O5. The Morgan fingerprint density at radius 1 is 0.870 bits per heavy atom. The van der Waals surface area contributed by atoms with Crippen LogP contribution >= 0.6 is 0 Å². The van der Waals surface area contributed by atoms with Crippen molar-refractivity contribution in [3.05, 3.63) is 94.6 Å². The maximum absolute atomic E-state index is 12.4. The molecule has 1 aromatic carbocycles. The van der Waals surface area contributed by atoms with E-state index in [0.717, 1.165) is 44.9 Å². The number of ether oxygens (including phenoxy) is 2. The van der Waals surface area contributed by atoms with E-state index in [2.05, 4.69) is 75.1 Å². The molecular weight excluding hydrogens is 572 g/mol. The SMILES string of the molecule is C=C(C)C(=O)OCC(CCCCc1ccc(CCC2=CC3C=CC(CCCCC)=CC3C=C2)c(CC)c1)COC(=O)C(C)(C)CO. The zero-order chi connectivity index (χ0) is 33.5. The lowest BCUT2D eigenvalue weighted by molar-refractivity contribution is -0.158. The van der Waals surface area contributed by atoms with Gasteiger partial charge in [0.2, 0.25) is 0 Å². The molecule has 3 rings (SSSR count). The molecule has 0 saturated carbocycles. The van der Waals surface area contributed by atoms with E-state index in [4.69, 9.17) is 9.47 Å². The molecule has 5 heteroatoms. The number of aliphatic hydroxyl groups is 1. The average molecular weight is 631 g/mol. The Balaban J connectivity index is 1.49. The van der Waals surface area contributed by atoms with Crippen molar-refractivity contribution in [3.63, 3.8) is 0 Å². The van der Waals surface area contributed by atoms with Gasteiger partial charge in [0.05, 0.1) is 25.2 Å². The summed E-state index contributed by atoms with van der Waals surface area (Å²) in [6.07, 6.45) is 26.3. The fourth-order valence-electron chi connectivity index (χ4n) is 6.01. The van der Waals surface area contributed by atoms with Crippen LogP contribution in [0, 0.1) is 23.2 Å². The zero-order valence-corrected chi connectivity index (χ0v) is 29.1. The number of unbranched alkanes of at least 4 members (excludes halogenated alkanes) is 3. The number of esters is 2. The first-order valence-corrected chi connectivity index (χ1v) is 17.5. The van der Waals surface area contributed by atoms with Gasteiger partial charge in [-0.05, 0) is 88.8 Å². The third-order valence-corrected chi connectivity index (χ3v) is 9.25. The van der Waals surface area contributed by atoms with Gasteiger partial charge in [0, 0.05) is 23.3 Å². The number of hydrogen-bond acceptors (Lipinski definition) is 5. The molecule has 0 saturated heterocycles. The van der Waals surface area contributed by atoms with Crippen LogP contribution in [0.5, 0.6) is 0 Å². The van der Waals surface area contributed by atoms with Crippen LogP contribution in [0.4, 0.5) is 0 Å². The highest BCUT2D eigenvalue weighted by Crippen LogP contribution is 2.33. The summed E-state index contributed by atoms with van der Waals surface area (Å²) in [7, 11) is 0. The van der Waals surface area contributed by atoms with Crippen molar-refractivity contribution in [2.45, 2.75) is 105 Å². The van der Waals surface area contributed by atoms with E-state index in [9.17, 15) is 14.7 Å². The number of hydrogen-bond donors (Lipinski definition) is 1. The number of rotatable bonds is 20. The summed E-state index contributed by atoms with van der Waals surface area (Å²) >= 11 is 0. The predicted molar refractivity (Wildman–Crippen MR) is 188 cm³/mol. The number of fused-ring (bicyclic) bond motifs is 1. The highest BCUT2D eigenvalue weighted by molar-refractivity contribution is 5.86. The Labute approximate surface area is 278 Å². The van der Waals surface area contributed by atoms with Crippen molar-refractivity contribution < 1.29 is 24.2 Å². The van der Waals surface area contributed by atoms with E-state index >= 15 is 0 Å². The number of aliphatic hydroxyl groups excluding tert-OH is 1. The fourth-order valence-corrected chi connectivity index (χ4v) is 6.01. The topological polar surface area (TPSA) is 72.8 Å². The molecule has 0 bridgehead atoms. The molecule has 1 N–H and O–H groups in total. The fraction of sp³-hybridized carbons (Fsp3) is 0.561. The zero-order valence-electron chi connectivity index (χ0n) is 29.1. The molecule has 0 aromatic heterocycles. The Kier molecular flexibility index (Phi) is 15.3. The van der Waals surface area contributed by atoms with Gasteiger partial charge in [-0.15, -0.1) is 0 Å². The normalized spacial score (nSPS) is 18.0. The minimum atomic E-state index is -0.961. The second-order valence-electron chi connectivity index (χ2n) is 13.9. The van der Waals surface area contributed by atoms with Gasteiger partial charge < -0.3 is 14.6 Å². The molecule has 3 atom stereocenters. The van der Waals surface area contributed by atoms with E-state index in [1.165, 1.54) is 53.5 Å². The molecule has 0 fully saturated rings. The second kappa shape index (κ2) is 18.8. The van der Waals surface area contributed by atoms with Crippen molar-refractivity contribution in [2.24, 2.45) is 23.2 Å². The molecule has 0 aliphatic heterocycles. The van der Waals surface area contributed by atoms with Crippen molar-refractivity contribution in [2.75, 3.05) is 19.8 Å². The maximum atomic E-state index is 12.4. The lowest BCUT2D eigenvalue weighted by Crippen LogP contribution is -2.32. The Hall–Kier alpha value is -3.18. The van der Waals surface area contributed by atoms with Crippen molar-refractivity contribution in [3.8, 4) is 0 Å². The van der Waals surface area contributed by atoms with E-state index in [1.807, 2.05) is 0 Å². The summed E-state index contributed by atoms with van der Waals surface area (Å²) in [6.45, 7) is 13.1. The predicted octanol–water partition coefficient (Wildman–Crippen LogP) is 9.00. The van der Waals surface area contributed by atoms with Crippen molar-refractivity contribution in [1.29, 1.82) is 0 Å². The maximum Gasteiger partial charge on any atom is 0.333 e. The monoisotopic (exact) mass is 630 g/mol. The molecule has 0 heterocycles. The van der Waals surface area contributed by atoms with Gasteiger partial charge in [-0.25, -0.2) is 4.79 Å². The largest absolute Gasteiger partial charge is 0.465 e. The van der Waals surface area contributed by atoms with E-state index < -0.39 is 17.4 Å². The van der Waals surface area contributed by atoms with E-state index in [0.29, 0.717) is 17.4 Å². The van der Waals surface area contributed by atoms with Gasteiger partial charge in [-0.1, -0.05) is 105 Å². The second-order valence-corrected chi connectivity index (χ2v) is 13.9. The van der Waals surface area contributed by atoms with Crippen molar-refractivity contribution in [1.82, 2.24) is 0 Å². The van der Waals surface area contributed by atoms with Crippen LogP contribution in [0.2, 0.25) is 0 Å². The summed E-state index contributed by atoms with van der Waals surface area (Å²) < 4.78 is 10.9. The van der Waals surface area contributed by atoms with E-state index in [-0.39, 0.29) is 25.7 Å². The number of aryl methyl sites for hydroxylation is 3. The Morgan fingerprint density at radius 2 is 1.52 bits per heavy atom. The smallest absolute Gasteiger partial charge is 0.333 e. The van der Waals surface area contributed by atoms with Gasteiger partial charge in [0.1, 0.15) is 0 Å². The number of benzene rings is 1. The minimum Gasteiger partial charge on any atom is -0.465 e. The van der Waals surface area contributed by atoms with Gasteiger partial charge in [0.15, 0.2) is 0 Å². The third-order valence-electron chi connectivity index (χ3n) is 9.25. The molecule has 0 radical (unpaired) electrons. The first-order valence-electron chi connectivity index (χ1n) is 17.5. The standard InChI is InChI=1S/C41H58O5/c1-7-9-10-13-32-18-22-38-26-33(19-23-37(38)25-32)17-21-36-20-16-31(24-35(36)8-2)14-11-12-15-34(27-45-39(43)30(3)4)28-46-40(44)41(5,6)29-42/h16,18-20,22-26,34,37-38,42H,3,7-15,17,21,27-29H2,1-2,4-6H3. The van der Waals surface area contributed by atoms with Crippen LogP contribution in [-0.2, 0) is 38.3 Å². The Bertz CT molecular complexity index is 1290. The summed E-state index contributed by atoms with van der Waals surface area (Å²) in [5, 5.41) is 9.48. The third kappa shape index (κ3) is 11.9. The van der Waals surface area contributed by atoms with Crippen molar-refractivity contribution >= 4 is 11.9 Å². The highest BCUT2D eigenvalue weighted by Gasteiger charge is 2.29. The molecule has 2 aliphatic rings. The first kappa shape index (κ1) is 37.3. The van der Waals surface area contributed by atoms with Gasteiger partial charge >= 0.3 is 11.9 Å². The number of carbonyl (C=O) groups excluding carboxylic acids is 2. The van der Waals surface area contributed by atoms with Gasteiger partial charge in [-0.3, -0.25) is 4.79 Å². The van der Waals surface area contributed by atoms with Gasteiger partial charge in [-0.2, -0.15) is 0 Å². The lowest BCUT2D eigenvalue weighted by atomic mass is 9.79. The molecule has 3 unspecified atom stereocenters. The summed E-state index contributed by atoms with van der Waals surface area (Å²) in [4.78, 5) is 24.3. The van der Waals surface area contributed by atoms with Crippen LogP contribution in [0.25, 0.3) is 0 Å². The molecule has 0 amide bonds. The van der Waals surface area contributed by atoms with Crippen LogP contribution in [-0.4, -0.2) is 36.9 Å². The average Bonchev–Trinajstić information content (AvgIpc) is 3.06. The quantitative estimate of drug-likeness (QED) is 0.0884. The summed E-state index contributed by atoms with van der Waals surface area (Å²) in [6, 6.07) is 6.96. The van der Waals surface area contributed by atoms with Crippen LogP contribution in [0.3, 0.4) is 0 Å². The summed E-state index contributed by atoms with van der Waals surface area (Å²) in [5.41, 5.74) is 6.53. The molecule has 2 aliphatic carbocycles. The van der Waals surface area contributed by atoms with Gasteiger partial charge in [0.25, 0.3) is 0 Å². The highest BCUT2D eigenvalue weighted by atomic mass is 16.5. The Morgan fingerprint density at radius 3 is 2.15 bits per heavy atom. The lowest BCUT2D eigenvalue weighted by Gasteiger charge is -2.25. The molecule has 1 aromatic rings. The minimum absolute atomic E-state index is 0.110. The summed E-state index contributed by atoms with van der Waals surface area (Å²) in [5.74, 6) is -0.00477. The van der Waals surface area contributed by atoms with Crippen LogP contribution in [0.1, 0.15) is 103 Å². The molecule has 46 heavy (non-hydrogen) atoms. The van der Waals surface area contributed by atoms with Crippen LogP contribution < -0.4 is 0 Å². The first-order chi connectivity index (χ1) is 22.1. The molecule has 0 spiro atoms. The number of allylic oxidation sites excluding steroid dienone is 8. The molecule has 252 valence electrons. The van der Waals surface area contributed by atoms with E-state index in [1.54, 1.807) is 20.8 Å². The van der Waals surface area contributed by atoms with Crippen LogP contribution in [0.15, 0.2) is 78.0 Å². The molecule has 5 nitrogen and oxygen atoms in total.